The van der Waals surface area contributed by atoms with Gasteiger partial charge in [0, 0.05) is 23.5 Å². The Bertz CT molecular complexity index is 454. The van der Waals surface area contributed by atoms with Crippen LogP contribution in [0.25, 0.3) is 0 Å². The summed E-state index contributed by atoms with van der Waals surface area (Å²) in [4.78, 5) is 4.53. The van der Waals surface area contributed by atoms with Crippen molar-refractivity contribution in [1.82, 2.24) is 10.6 Å². The minimum Gasteiger partial charge on any atom is -0.356 e. The Morgan fingerprint density at radius 1 is 1.39 bits per heavy atom. The van der Waals surface area contributed by atoms with Gasteiger partial charge in [0.05, 0.1) is 6.04 Å². The van der Waals surface area contributed by atoms with Gasteiger partial charge >= 0.3 is 0 Å². The third kappa shape index (κ3) is 3.16. The summed E-state index contributed by atoms with van der Waals surface area (Å²) < 4.78 is 0. The second kappa shape index (κ2) is 5.19. The van der Waals surface area contributed by atoms with Crippen LogP contribution < -0.4 is 10.6 Å². The van der Waals surface area contributed by atoms with Gasteiger partial charge in [-0.25, -0.2) is 0 Å². The molecule has 0 amide bonds. The fraction of sp³-hybridized carbons (Fsp3) is 0.500. The van der Waals surface area contributed by atoms with Crippen LogP contribution in [0.3, 0.4) is 0 Å². The highest BCUT2D eigenvalue weighted by Crippen LogP contribution is 2.22. The lowest BCUT2D eigenvalue weighted by molar-refractivity contribution is 0.357. The molecule has 0 saturated carbocycles. The van der Waals surface area contributed by atoms with Crippen LogP contribution >= 0.6 is 11.6 Å². The molecule has 1 aromatic carbocycles. The number of hydrogen-bond donors (Lipinski definition) is 2. The Kier molecular flexibility index (Phi) is 3.81. The second-order valence-electron chi connectivity index (χ2n) is 5.57. The molecule has 0 bridgehead atoms. The topological polar surface area (TPSA) is 36.4 Å². The Hall–Kier alpha value is -1.22. The molecular formula is C14H20ClN3. The minimum absolute atomic E-state index is 0.145. The fourth-order valence-electron chi connectivity index (χ4n) is 1.93. The van der Waals surface area contributed by atoms with Gasteiger partial charge in [-0.15, -0.1) is 0 Å². The quantitative estimate of drug-likeness (QED) is 0.863. The Balaban J connectivity index is 2.03. The highest BCUT2D eigenvalue weighted by atomic mass is 35.5. The van der Waals surface area contributed by atoms with Crippen LogP contribution in [0, 0.1) is 5.41 Å². The van der Waals surface area contributed by atoms with Crippen molar-refractivity contribution in [3.8, 4) is 0 Å². The van der Waals surface area contributed by atoms with Crippen molar-refractivity contribution >= 4 is 17.6 Å². The summed E-state index contributed by atoms with van der Waals surface area (Å²) in [6.07, 6.45) is 0. The largest absolute Gasteiger partial charge is 0.356 e. The number of aliphatic imine (C=N–C) groups is 1. The van der Waals surface area contributed by atoms with E-state index in [1.165, 1.54) is 0 Å². The first-order chi connectivity index (χ1) is 8.48. The summed E-state index contributed by atoms with van der Waals surface area (Å²) >= 11 is 6.18. The van der Waals surface area contributed by atoms with Gasteiger partial charge in [0.2, 0.25) is 0 Å². The highest BCUT2D eigenvalue weighted by Gasteiger charge is 2.23. The maximum absolute atomic E-state index is 6.18. The number of benzene rings is 1. The van der Waals surface area contributed by atoms with Crippen LogP contribution in [0.15, 0.2) is 29.3 Å². The molecule has 4 heteroatoms. The van der Waals surface area contributed by atoms with E-state index < -0.39 is 0 Å². The van der Waals surface area contributed by atoms with Gasteiger partial charge in [-0.1, -0.05) is 43.6 Å². The van der Waals surface area contributed by atoms with E-state index in [0.29, 0.717) is 0 Å². The molecule has 2 rings (SSSR count). The predicted molar refractivity (Wildman–Crippen MR) is 77.1 cm³/mol. The van der Waals surface area contributed by atoms with Crippen molar-refractivity contribution < 1.29 is 0 Å². The van der Waals surface area contributed by atoms with E-state index in [9.17, 15) is 0 Å². The first kappa shape index (κ1) is 13.2. The first-order valence-corrected chi connectivity index (χ1v) is 6.65. The average molecular weight is 266 g/mol. The van der Waals surface area contributed by atoms with Crippen LogP contribution in [-0.2, 0) is 0 Å². The lowest BCUT2D eigenvalue weighted by atomic mass is 9.93. The Labute approximate surface area is 114 Å². The van der Waals surface area contributed by atoms with Crippen molar-refractivity contribution in [1.29, 1.82) is 0 Å². The molecule has 0 fully saturated rings. The lowest BCUT2D eigenvalue weighted by Gasteiger charge is -2.30. The van der Waals surface area contributed by atoms with Crippen LogP contribution in [-0.4, -0.2) is 19.0 Å². The maximum atomic E-state index is 6.18. The molecule has 98 valence electrons. The number of rotatable bonds is 2. The first-order valence-electron chi connectivity index (χ1n) is 6.27. The monoisotopic (exact) mass is 265 g/mol. The van der Waals surface area contributed by atoms with Gasteiger partial charge in [0.15, 0.2) is 5.96 Å². The van der Waals surface area contributed by atoms with Crippen molar-refractivity contribution in [2.75, 3.05) is 13.1 Å². The molecule has 0 aliphatic carbocycles. The summed E-state index contributed by atoms with van der Waals surface area (Å²) in [5, 5.41) is 7.48. The molecule has 3 nitrogen and oxygen atoms in total. The van der Waals surface area contributed by atoms with Crippen molar-refractivity contribution in [2.24, 2.45) is 10.4 Å². The smallest absolute Gasteiger partial charge is 0.191 e. The van der Waals surface area contributed by atoms with E-state index in [1.54, 1.807) is 0 Å². The molecule has 1 heterocycles. The molecule has 1 aliphatic rings. The Morgan fingerprint density at radius 3 is 2.72 bits per heavy atom. The summed E-state index contributed by atoms with van der Waals surface area (Å²) in [7, 11) is 0. The number of nitrogens with zero attached hydrogens (tertiary/aromatic N) is 1. The molecule has 0 aromatic heterocycles. The molecular weight excluding hydrogens is 246 g/mol. The maximum Gasteiger partial charge on any atom is 0.191 e. The second-order valence-corrected chi connectivity index (χ2v) is 5.98. The van der Waals surface area contributed by atoms with Gasteiger partial charge in [0.25, 0.3) is 0 Å². The molecule has 0 radical (unpaired) electrons. The normalized spacial score (nSPS) is 19.7. The summed E-state index contributed by atoms with van der Waals surface area (Å²) in [5.41, 5.74) is 1.33. The number of hydrogen-bond acceptors (Lipinski definition) is 3. The fourth-order valence-corrected chi connectivity index (χ4v) is 2.23. The third-order valence-corrected chi connectivity index (χ3v) is 3.47. The van der Waals surface area contributed by atoms with Crippen LogP contribution in [0.2, 0.25) is 5.02 Å². The summed E-state index contributed by atoms with van der Waals surface area (Å²) in [6.45, 7) is 8.28. The average Bonchev–Trinajstić information content (AvgIpc) is 2.32. The standard InChI is InChI=1S/C14H20ClN3/c1-10(11-6-4-5-7-12(11)15)18-13-16-8-14(2,3)9-17-13/h4-7,10H,8-9H2,1-3H3,(H2,16,17,18). The van der Waals surface area contributed by atoms with Gasteiger partial charge in [-0.05, 0) is 18.6 Å². The zero-order valence-electron chi connectivity index (χ0n) is 11.1. The molecule has 1 atom stereocenters. The zero-order valence-corrected chi connectivity index (χ0v) is 11.9. The van der Waals surface area contributed by atoms with Crippen LogP contribution in [0.5, 0.6) is 0 Å². The van der Waals surface area contributed by atoms with Crippen molar-refractivity contribution in [3.05, 3.63) is 34.9 Å². The van der Waals surface area contributed by atoms with E-state index in [1.807, 2.05) is 24.3 Å². The number of nitrogens with one attached hydrogen (secondary N) is 2. The SMILES string of the molecule is CC(NC1=NCC(C)(C)CN1)c1ccccc1Cl. The molecule has 1 aromatic rings. The van der Waals surface area contributed by atoms with Crippen molar-refractivity contribution in [3.63, 3.8) is 0 Å². The third-order valence-electron chi connectivity index (χ3n) is 3.12. The van der Waals surface area contributed by atoms with Crippen LogP contribution in [0.4, 0.5) is 0 Å². The molecule has 1 unspecified atom stereocenters. The summed E-state index contributed by atoms with van der Waals surface area (Å²) in [6, 6.07) is 8.03. The number of guanidine groups is 1. The molecule has 0 saturated heterocycles. The molecule has 18 heavy (non-hydrogen) atoms. The van der Waals surface area contributed by atoms with E-state index >= 15 is 0 Å². The summed E-state index contributed by atoms with van der Waals surface area (Å²) in [5.74, 6) is 0.863. The zero-order chi connectivity index (χ0) is 13.2. The van der Waals surface area contributed by atoms with E-state index in [4.69, 9.17) is 11.6 Å². The number of halogens is 1. The predicted octanol–water partition coefficient (Wildman–Crippen LogP) is 2.98. The molecule has 0 spiro atoms. The van der Waals surface area contributed by atoms with E-state index in [-0.39, 0.29) is 11.5 Å². The minimum atomic E-state index is 0.145. The van der Waals surface area contributed by atoms with E-state index in [2.05, 4.69) is 36.4 Å². The van der Waals surface area contributed by atoms with Crippen LogP contribution in [0.1, 0.15) is 32.4 Å². The lowest BCUT2D eigenvalue weighted by Crippen LogP contribution is -2.47. The van der Waals surface area contributed by atoms with Gasteiger partial charge in [-0.2, -0.15) is 0 Å². The van der Waals surface area contributed by atoms with Gasteiger partial charge in [-0.3, -0.25) is 4.99 Å². The van der Waals surface area contributed by atoms with Gasteiger partial charge in [0.1, 0.15) is 0 Å². The highest BCUT2D eigenvalue weighted by molar-refractivity contribution is 6.31. The van der Waals surface area contributed by atoms with Gasteiger partial charge < -0.3 is 10.6 Å². The molecule has 2 N–H and O–H groups in total. The molecule has 1 aliphatic heterocycles. The van der Waals surface area contributed by atoms with E-state index in [0.717, 1.165) is 29.6 Å². The van der Waals surface area contributed by atoms with Crippen molar-refractivity contribution in [2.45, 2.75) is 26.8 Å². The Morgan fingerprint density at radius 2 is 2.11 bits per heavy atom.